The summed E-state index contributed by atoms with van der Waals surface area (Å²) in [7, 11) is 1.63. The molecule has 2 aromatic carbocycles. The van der Waals surface area contributed by atoms with Crippen LogP contribution in [0.3, 0.4) is 0 Å². The first-order chi connectivity index (χ1) is 17.2. The van der Waals surface area contributed by atoms with Crippen molar-refractivity contribution in [2.45, 2.75) is 19.4 Å². The molecule has 0 radical (unpaired) electrons. The molecule has 0 spiro atoms. The van der Waals surface area contributed by atoms with E-state index in [0.717, 1.165) is 39.1 Å². The molecule has 3 heterocycles. The van der Waals surface area contributed by atoms with Crippen LogP contribution in [-0.2, 0) is 4.79 Å². The molecule has 0 fully saturated rings. The molecule has 0 bridgehead atoms. The molecule has 1 aliphatic heterocycles. The highest BCUT2D eigenvalue weighted by Crippen LogP contribution is 2.39. The van der Waals surface area contributed by atoms with Crippen molar-refractivity contribution in [3.05, 3.63) is 72.2 Å². The van der Waals surface area contributed by atoms with Gasteiger partial charge in [-0.05, 0) is 61.0 Å². The highest BCUT2D eigenvalue weighted by molar-refractivity contribution is 7.13. The first kappa shape index (κ1) is 22.9. The summed E-state index contributed by atoms with van der Waals surface area (Å²) >= 11 is 1.54. The minimum absolute atomic E-state index is 0.0667. The van der Waals surface area contributed by atoms with Gasteiger partial charge in [0, 0.05) is 17.1 Å². The lowest BCUT2D eigenvalue weighted by Gasteiger charge is -2.34. The van der Waals surface area contributed by atoms with E-state index in [1.54, 1.807) is 18.2 Å². The lowest BCUT2D eigenvalue weighted by molar-refractivity contribution is -0.126. The van der Waals surface area contributed by atoms with Gasteiger partial charge >= 0.3 is 0 Å². The zero-order valence-electron chi connectivity index (χ0n) is 19.5. The third kappa shape index (κ3) is 4.83. The summed E-state index contributed by atoms with van der Waals surface area (Å²) in [6.45, 7) is 2.69. The van der Waals surface area contributed by atoms with Crippen molar-refractivity contribution in [2.75, 3.05) is 25.2 Å². The van der Waals surface area contributed by atoms with Crippen LogP contribution in [0.5, 0.6) is 17.2 Å². The zero-order chi connectivity index (χ0) is 24.2. The summed E-state index contributed by atoms with van der Waals surface area (Å²) in [5.41, 5.74) is 3.30. The second-order valence-corrected chi connectivity index (χ2v) is 8.82. The Morgan fingerprint density at radius 1 is 1.06 bits per heavy atom. The molecular formula is C27H25N3O4S. The van der Waals surface area contributed by atoms with Crippen molar-refractivity contribution in [1.82, 2.24) is 9.97 Å². The Kier molecular flexibility index (Phi) is 6.63. The highest BCUT2D eigenvalue weighted by atomic mass is 32.1. The molecule has 1 unspecified atom stereocenters. The van der Waals surface area contributed by atoms with Crippen LogP contribution in [0.4, 0.5) is 5.69 Å². The number of hydrogen-bond acceptors (Lipinski definition) is 7. The Labute approximate surface area is 207 Å². The van der Waals surface area contributed by atoms with Gasteiger partial charge in [0.15, 0.2) is 6.10 Å². The van der Waals surface area contributed by atoms with Crippen molar-refractivity contribution >= 4 is 22.9 Å². The van der Waals surface area contributed by atoms with Gasteiger partial charge in [0.1, 0.15) is 28.9 Å². The van der Waals surface area contributed by atoms with Gasteiger partial charge in [0.25, 0.3) is 5.91 Å². The van der Waals surface area contributed by atoms with Crippen molar-refractivity contribution in [1.29, 1.82) is 0 Å². The molecule has 0 N–H and O–H groups in total. The zero-order valence-corrected chi connectivity index (χ0v) is 20.3. The van der Waals surface area contributed by atoms with Gasteiger partial charge in [-0.1, -0.05) is 13.0 Å². The quantitative estimate of drug-likeness (QED) is 0.328. The van der Waals surface area contributed by atoms with Crippen LogP contribution in [-0.4, -0.2) is 42.2 Å². The number of ether oxygens (including phenoxy) is 3. The average Bonchev–Trinajstić information content (AvgIpc) is 3.41. The number of anilines is 1. The summed E-state index contributed by atoms with van der Waals surface area (Å²) in [5, 5.41) is 2.85. The Bertz CT molecular complexity index is 1310. The molecule has 178 valence electrons. The Morgan fingerprint density at radius 3 is 2.63 bits per heavy atom. The third-order valence-corrected chi connectivity index (χ3v) is 6.62. The van der Waals surface area contributed by atoms with E-state index in [1.807, 2.05) is 73.0 Å². The molecule has 8 heteroatoms. The minimum Gasteiger partial charge on any atom is -0.497 e. The lowest BCUT2D eigenvalue weighted by Crippen LogP contribution is -2.47. The normalized spacial score (nSPS) is 14.9. The van der Waals surface area contributed by atoms with Gasteiger partial charge in [-0.15, -0.1) is 11.3 Å². The van der Waals surface area contributed by atoms with Crippen molar-refractivity contribution < 1.29 is 19.0 Å². The monoisotopic (exact) mass is 487 g/mol. The van der Waals surface area contributed by atoms with E-state index in [2.05, 4.69) is 4.98 Å². The van der Waals surface area contributed by atoms with Gasteiger partial charge in [0.2, 0.25) is 0 Å². The van der Waals surface area contributed by atoms with E-state index in [4.69, 9.17) is 19.2 Å². The van der Waals surface area contributed by atoms with E-state index in [-0.39, 0.29) is 5.91 Å². The number of benzene rings is 2. The number of carbonyl (C=O) groups excluding carboxylic acids is 1. The predicted molar refractivity (Wildman–Crippen MR) is 136 cm³/mol. The van der Waals surface area contributed by atoms with Crippen LogP contribution in [0, 0.1) is 0 Å². The van der Waals surface area contributed by atoms with E-state index in [9.17, 15) is 4.79 Å². The van der Waals surface area contributed by atoms with Crippen molar-refractivity contribution in [3.8, 4) is 39.2 Å². The Hall–Kier alpha value is -3.91. The molecule has 0 saturated heterocycles. The van der Waals surface area contributed by atoms with Crippen LogP contribution < -0.4 is 19.1 Å². The number of amides is 1. The van der Waals surface area contributed by atoms with Gasteiger partial charge in [0.05, 0.1) is 30.7 Å². The van der Waals surface area contributed by atoms with Crippen LogP contribution in [0.25, 0.3) is 22.0 Å². The molecule has 1 atom stereocenters. The minimum atomic E-state index is -0.510. The molecule has 5 rings (SSSR count). The number of hydrogen-bond donors (Lipinski definition) is 0. The lowest BCUT2D eigenvalue weighted by atomic mass is 10.1. The number of pyridine rings is 1. The van der Waals surface area contributed by atoms with Crippen LogP contribution in [0.2, 0.25) is 0 Å². The van der Waals surface area contributed by atoms with E-state index in [0.29, 0.717) is 25.3 Å². The largest absolute Gasteiger partial charge is 0.497 e. The predicted octanol–water partition coefficient (Wildman–Crippen LogP) is 5.46. The van der Waals surface area contributed by atoms with Crippen molar-refractivity contribution in [3.63, 3.8) is 0 Å². The number of methoxy groups -OCH3 is 1. The number of thiazole rings is 1. The second-order valence-electron chi connectivity index (χ2n) is 7.96. The molecule has 1 amide bonds. The second kappa shape index (κ2) is 10.1. The van der Waals surface area contributed by atoms with E-state index >= 15 is 0 Å². The highest BCUT2D eigenvalue weighted by Gasteiger charge is 2.33. The SMILES string of the molecule is CCC1Oc2ccc(-c3csc(-c4ccccn4)n3)cc2N(CCOc2ccc(OC)cc2)C1=O. The fourth-order valence-corrected chi connectivity index (χ4v) is 4.72. The van der Waals surface area contributed by atoms with Gasteiger partial charge < -0.3 is 19.1 Å². The molecule has 4 aromatic rings. The fourth-order valence-electron chi connectivity index (χ4n) is 3.91. The molecule has 1 aliphatic rings. The maximum absolute atomic E-state index is 13.2. The smallest absolute Gasteiger partial charge is 0.268 e. The average molecular weight is 488 g/mol. The fraction of sp³-hybridized carbons (Fsp3) is 0.222. The maximum atomic E-state index is 13.2. The van der Waals surface area contributed by atoms with Gasteiger partial charge in [-0.2, -0.15) is 0 Å². The van der Waals surface area contributed by atoms with Gasteiger partial charge in [-0.25, -0.2) is 4.98 Å². The Morgan fingerprint density at radius 2 is 1.89 bits per heavy atom. The summed E-state index contributed by atoms with van der Waals surface area (Å²) in [6, 6.07) is 19.0. The van der Waals surface area contributed by atoms with Crippen LogP contribution >= 0.6 is 11.3 Å². The first-order valence-corrected chi connectivity index (χ1v) is 12.3. The molecule has 0 saturated carbocycles. The molecule has 0 aliphatic carbocycles. The summed E-state index contributed by atoms with van der Waals surface area (Å²) in [5.74, 6) is 2.10. The summed E-state index contributed by atoms with van der Waals surface area (Å²) < 4.78 is 17.1. The third-order valence-electron chi connectivity index (χ3n) is 5.76. The van der Waals surface area contributed by atoms with Crippen molar-refractivity contribution in [2.24, 2.45) is 0 Å². The van der Waals surface area contributed by atoms with Crippen LogP contribution in [0.1, 0.15) is 13.3 Å². The topological polar surface area (TPSA) is 73.8 Å². The maximum Gasteiger partial charge on any atom is 0.268 e. The number of fused-ring (bicyclic) bond motifs is 1. The first-order valence-electron chi connectivity index (χ1n) is 11.4. The standard InChI is InChI=1S/C27H25N3O4S/c1-3-24-27(31)30(14-15-33-20-10-8-19(32-2)9-11-20)23-16-18(7-12-25(23)34-24)22-17-35-26(29-22)21-6-4-5-13-28-21/h4-13,16-17,24H,3,14-15H2,1-2H3. The van der Waals surface area contributed by atoms with E-state index < -0.39 is 6.10 Å². The van der Waals surface area contributed by atoms with E-state index in [1.165, 1.54) is 11.3 Å². The number of rotatable bonds is 8. The number of aromatic nitrogens is 2. The van der Waals surface area contributed by atoms with Gasteiger partial charge in [-0.3, -0.25) is 9.78 Å². The van der Waals surface area contributed by atoms with Crippen LogP contribution in [0.15, 0.2) is 72.2 Å². The number of nitrogens with zero attached hydrogens (tertiary/aromatic N) is 3. The molecular weight excluding hydrogens is 462 g/mol. The molecule has 35 heavy (non-hydrogen) atoms. The summed E-state index contributed by atoms with van der Waals surface area (Å²) in [6.07, 6.45) is 1.84. The summed E-state index contributed by atoms with van der Waals surface area (Å²) in [4.78, 5) is 24.1. The molecule has 7 nitrogen and oxygen atoms in total. The molecule has 2 aromatic heterocycles. The Balaban J connectivity index is 1.38. The number of carbonyl (C=O) groups is 1.